The van der Waals surface area contributed by atoms with Crippen LogP contribution in [0.3, 0.4) is 0 Å². The van der Waals surface area contributed by atoms with Gasteiger partial charge in [-0.3, -0.25) is 4.57 Å². The minimum absolute atomic E-state index is 2.25. The maximum atomic E-state index is 15.0. The van der Waals surface area contributed by atoms with Gasteiger partial charge in [-0.1, -0.05) is 0 Å². The molecule has 0 aliphatic carbocycles. The summed E-state index contributed by atoms with van der Waals surface area (Å²) in [6.45, 7) is -6.45. The summed E-state index contributed by atoms with van der Waals surface area (Å²) in [5.74, 6) is -39.3. The average molecular weight is 589 g/mol. The molecule has 1 nitrogen and oxygen atoms in total. The van der Waals surface area contributed by atoms with Crippen molar-refractivity contribution in [1.82, 2.24) is 0 Å². The van der Waals surface area contributed by atoms with Gasteiger partial charge >= 0.3 is 0 Å². The summed E-state index contributed by atoms with van der Waals surface area (Å²) >= 11 is 5.37. The molecule has 4 aromatic carbocycles. The molecule has 0 aromatic heterocycles. The van der Waals surface area contributed by atoms with Gasteiger partial charge in [0.05, 0.1) is 21.5 Å². The number of rotatable bonds is 2. The summed E-state index contributed by atoms with van der Waals surface area (Å²) in [4.78, 5) is 0. The predicted molar refractivity (Wildman–Crippen MR) is 100 cm³/mol. The Bertz CT molecular complexity index is 1640. The molecule has 0 saturated carbocycles. The molecule has 0 fully saturated rings. The van der Waals surface area contributed by atoms with Gasteiger partial charge in [-0.05, 0) is 11.2 Å². The zero-order valence-electron chi connectivity index (χ0n) is 16.5. The largest absolute Gasteiger partial charge is 0.296 e. The van der Waals surface area contributed by atoms with Gasteiger partial charge in [0, 0.05) is 0 Å². The molecule has 17 heteroatoms. The van der Waals surface area contributed by atoms with Gasteiger partial charge in [0.2, 0.25) is 6.49 Å². The molecule has 0 heterocycles. The topological polar surface area (TPSA) is 17.1 Å². The van der Waals surface area contributed by atoms with E-state index in [2.05, 4.69) is 0 Å². The Hall–Kier alpha value is -3.06. The third kappa shape index (κ3) is 3.36. The Kier molecular flexibility index (Phi) is 6.19. The van der Waals surface area contributed by atoms with E-state index in [9.17, 15) is 57.3 Å². The smallest absolute Gasteiger partial charge is 0.237 e. The van der Waals surface area contributed by atoms with Crippen LogP contribution in [0.15, 0.2) is 0 Å². The normalized spacial score (nSPS) is 12.3. The van der Waals surface area contributed by atoms with Crippen LogP contribution in [0.1, 0.15) is 0 Å². The summed E-state index contributed by atoms with van der Waals surface area (Å²) in [5.41, 5.74) is 0. The van der Waals surface area contributed by atoms with Gasteiger partial charge in [-0.25, -0.2) is 61.5 Å². The molecule has 0 N–H and O–H groups in total. The lowest BCUT2D eigenvalue weighted by atomic mass is 10.1. The molecule has 0 aliphatic heterocycles. The van der Waals surface area contributed by atoms with Crippen molar-refractivity contribution in [1.29, 1.82) is 0 Å². The Morgan fingerprint density at radius 1 is 0.324 bits per heavy atom. The van der Waals surface area contributed by atoms with Gasteiger partial charge in [0.25, 0.3) is 0 Å². The van der Waals surface area contributed by atoms with Crippen molar-refractivity contribution < 1.29 is 66.0 Å². The van der Waals surface area contributed by atoms with Gasteiger partial charge in [-0.2, -0.15) is 0 Å². The van der Waals surface area contributed by atoms with E-state index in [4.69, 9.17) is 11.2 Å². The number of halogens is 15. The van der Waals surface area contributed by atoms with Crippen molar-refractivity contribution in [3.8, 4) is 0 Å². The molecule has 0 radical (unpaired) electrons. The Balaban J connectivity index is 2.24. The lowest BCUT2D eigenvalue weighted by molar-refractivity contribution is 0.412. The third-order valence-electron chi connectivity index (χ3n) is 5.20. The van der Waals surface area contributed by atoms with Gasteiger partial charge < -0.3 is 0 Å². The lowest BCUT2D eigenvalue weighted by Crippen LogP contribution is -2.27. The minimum atomic E-state index is -6.45. The molecule has 0 unspecified atom stereocenters. The molecular formula is C20ClF14OP. The number of fused-ring (bicyclic) bond motifs is 2. The first-order chi connectivity index (χ1) is 17.0. The fourth-order valence-corrected chi connectivity index (χ4v) is 6.11. The molecule has 0 bridgehead atoms. The van der Waals surface area contributed by atoms with Crippen LogP contribution >= 0.6 is 17.7 Å². The van der Waals surface area contributed by atoms with E-state index in [1.54, 1.807) is 0 Å². The molecular weight excluding hydrogens is 589 g/mol. The Morgan fingerprint density at radius 2 is 0.514 bits per heavy atom. The second-order valence-corrected chi connectivity index (χ2v) is 10.5. The molecule has 0 amide bonds. The zero-order chi connectivity index (χ0) is 28.0. The van der Waals surface area contributed by atoms with E-state index in [0.717, 1.165) is 0 Å². The van der Waals surface area contributed by atoms with Gasteiger partial charge in [-0.15, -0.1) is 0 Å². The average Bonchev–Trinajstić information content (AvgIpc) is 2.82. The van der Waals surface area contributed by atoms with Gasteiger partial charge in [0.15, 0.2) is 69.8 Å². The van der Waals surface area contributed by atoms with Crippen molar-refractivity contribution in [2.75, 3.05) is 0 Å². The summed E-state index contributed by atoms with van der Waals surface area (Å²) in [6.07, 6.45) is 0. The second-order valence-electron chi connectivity index (χ2n) is 7.13. The van der Waals surface area contributed by atoms with Crippen LogP contribution < -0.4 is 10.6 Å². The maximum Gasteiger partial charge on any atom is 0.237 e. The van der Waals surface area contributed by atoms with Crippen LogP contribution in [0, 0.1) is 81.4 Å². The first-order valence-electron chi connectivity index (χ1n) is 8.94. The van der Waals surface area contributed by atoms with E-state index in [1.807, 2.05) is 0 Å². The third-order valence-corrected chi connectivity index (χ3v) is 8.15. The lowest BCUT2D eigenvalue weighted by Gasteiger charge is -2.19. The molecule has 0 spiro atoms. The van der Waals surface area contributed by atoms with Gasteiger partial charge in [0.1, 0.15) is 22.2 Å². The van der Waals surface area contributed by atoms with Crippen LogP contribution in [-0.4, -0.2) is 0 Å². The van der Waals surface area contributed by atoms with Crippen molar-refractivity contribution in [3.63, 3.8) is 0 Å². The van der Waals surface area contributed by atoms with Crippen molar-refractivity contribution in [3.05, 3.63) is 81.4 Å². The fraction of sp³-hybridized carbons (Fsp3) is 0. The molecule has 196 valence electrons. The van der Waals surface area contributed by atoms with E-state index in [0.29, 0.717) is 0 Å². The molecule has 4 rings (SSSR count). The standard InChI is InChI=1S/C20ClF14OP/c21-37(36,19-11(28)3-1(9(26)17(19)34)5(22)13(30)15(32)7(3)24)20-12(29)4-2(10(27)18(20)35)6(23)14(31)16(33)8(4)25. The first kappa shape index (κ1) is 27.0. The highest BCUT2D eigenvalue weighted by Crippen LogP contribution is 2.54. The van der Waals surface area contributed by atoms with Crippen LogP contribution in [0.4, 0.5) is 61.5 Å². The number of hydrogen-bond acceptors (Lipinski definition) is 1. The number of benzene rings is 4. The van der Waals surface area contributed by atoms with E-state index in [-0.39, 0.29) is 0 Å². The molecule has 0 aliphatic rings. The van der Waals surface area contributed by atoms with Crippen molar-refractivity contribution in [2.45, 2.75) is 0 Å². The highest BCUT2D eigenvalue weighted by Gasteiger charge is 2.44. The van der Waals surface area contributed by atoms with E-state index < -0.39 is 120 Å². The second kappa shape index (κ2) is 8.48. The highest BCUT2D eigenvalue weighted by molar-refractivity contribution is 8.00. The van der Waals surface area contributed by atoms with Crippen molar-refractivity contribution in [2.24, 2.45) is 0 Å². The minimum Gasteiger partial charge on any atom is -0.296 e. The fourth-order valence-electron chi connectivity index (χ4n) is 3.56. The molecule has 0 atom stereocenters. The van der Waals surface area contributed by atoms with Crippen LogP contribution in [-0.2, 0) is 4.57 Å². The Morgan fingerprint density at radius 3 is 0.757 bits per heavy atom. The summed E-state index contributed by atoms with van der Waals surface area (Å²) in [5, 5.41) is -14.3. The highest BCUT2D eigenvalue weighted by atomic mass is 35.7. The van der Waals surface area contributed by atoms with Crippen LogP contribution in [0.5, 0.6) is 0 Å². The summed E-state index contributed by atoms with van der Waals surface area (Å²) in [6, 6.07) is 0. The van der Waals surface area contributed by atoms with Crippen LogP contribution in [0.25, 0.3) is 21.5 Å². The first-order valence-corrected chi connectivity index (χ1v) is 11.6. The monoisotopic (exact) mass is 588 g/mol. The number of hydrogen-bond donors (Lipinski definition) is 0. The molecule has 37 heavy (non-hydrogen) atoms. The SMILES string of the molecule is O=P(Cl)(c1c(F)c(F)c2c(F)c(F)c(F)c(F)c2c1F)c1c(F)c(F)c2c(F)c(F)c(F)c(F)c2c1F. The molecule has 0 saturated heterocycles. The predicted octanol–water partition coefficient (Wildman–Crippen LogP) is 7.41. The summed E-state index contributed by atoms with van der Waals surface area (Å²) in [7, 11) is 0. The maximum absolute atomic E-state index is 15.0. The Labute approximate surface area is 198 Å². The van der Waals surface area contributed by atoms with Crippen molar-refractivity contribution >= 4 is 49.9 Å². The summed E-state index contributed by atoms with van der Waals surface area (Å²) < 4.78 is 212. The van der Waals surface area contributed by atoms with E-state index in [1.165, 1.54) is 0 Å². The van der Waals surface area contributed by atoms with E-state index >= 15 is 8.78 Å². The zero-order valence-corrected chi connectivity index (χ0v) is 18.2. The molecule has 4 aromatic rings. The quantitative estimate of drug-likeness (QED) is 0.103. The van der Waals surface area contributed by atoms with Crippen LogP contribution in [0.2, 0.25) is 0 Å².